The highest BCUT2D eigenvalue weighted by Gasteiger charge is 2.29. The van der Waals surface area contributed by atoms with Gasteiger partial charge in [-0.05, 0) is 52.7 Å². The summed E-state index contributed by atoms with van der Waals surface area (Å²) in [6.45, 7) is 1.32. The Balaban J connectivity index is 1.61. The lowest BCUT2D eigenvalue weighted by Gasteiger charge is -2.33. The number of thiophene rings is 1. The maximum Gasteiger partial charge on any atom is 0.246 e. The summed E-state index contributed by atoms with van der Waals surface area (Å²) in [5, 5.41) is 3.91. The number of hydrogen-bond donors (Lipinski definition) is 0. The van der Waals surface area contributed by atoms with Gasteiger partial charge in [-0.25, -0.2) is 8.42 Å². The van der Waals surface area contributed by atoms with Gasteiger partial charge in [-0.2, -0.15) is 15.6 Å². The summed E-state index contributed by atoms with van der Waals surface area (Å²) in [5.74, 6) is 0.509. The third kappa shape index (κ3) is 4.14. The van der Waals surface area contributed by atoms with E-state index in [9.17, 15) is 13.2 Å². The molecular weight excluding hydrogens is 372 g/mol. The minimum Gasteiger partial charge on any atom is -0.497 e. The fourth-order valence-electron chi connectivity index (χ4n) is 2.69. The monoisotopic (exact) mass is 392 g/mol. The van der Waals surface area contributed by atoms with Crippen molar-refractivity contribution in [2.75, 3.05) is 33.3 Å². The molecule has 1 aromatic heterocycles. The van der Waals surface area contributed by atoms with E-state index in [1.807, 2.05) is 16.8 Å². The second kappa shape index (κ2) is 8.03. The molecule has 0 N–H and O–H groups in total. The average molecular weight is 393 g/mol. The van der Waals surface area contributed by atoms with Crippen molar-refractivity contribution in [2.45, 2.75) is 4.90 Å². The number of carbonyl (C=O) groups excluding carboxylic acids is 1. The number of amides is 1. The van der Waals surface area contributed by atoms with Crippen LogP contribution in [-0.2, 0) is 14.8 Å². The van der Waals surface area contributed by atoms with Gasteiger partial charge in [0.1, 0.15) is 5.75 Å². The Morgan fingerprint density at radius 1 is 1.12 bits per heavy atom. The lowest BCUT2D eigenvalue weighted by Crippen LogP contribution is -2.50. The van der Waals surface area contributed by atoms with E-state index in [1.165, 1.54) is 29.6 Å². The highest BCUT2D eigenvalue weighted by molar-refractivity contribution is 7.89. The molecule has 26 heavy (non-hydrogen) atoms. The molecule has 3 rings (SSSR count). The van der Waals surface area contributed by atoms with E-state index in [2.05, 4.69) is 0 Å². The second-order valence-electron chi connectivity index (χ2n) is 5.79. The predicted molar refractivity (Wildman–Crippen MR) is 102 cm³/mol. The van der Waals surface area contributed by atoms with Gasteiger partial charge in [-0.3, -0.25) is 4.79 Å². The summed E-state index contributed by atoms with van der Waals surface area (Å²) in [5.41, 5.74) is 0.990. The van der Waals surface area contributed by atoms with Crippen LogP contribution in [0.3, 0.4) is 0 Å². The first-order valence-corrected chi connectivity index (χ1v) is 10.5. The Morgan fingerprint density at radius 2 is 1.81 bits per heavy atom. The van der Waals surface area contributed by atoms with Crippen molar-refractivity contribution in [2.24, 2.45) is 0 Å². The number of sulfonamides is 1. The fourth-order valence-corrected chi connectivity index (χ4v) is 4.74. The van der Waals surface area contributed by atoms with Crippen LogP contribution in [0.4, 0.5) is 0 Å². The molecule has 1 amide bonds. The maximum atomic E-state index is 12.7. The number of ether oxygens (including phenoxy) is 1. The number of carbonyl (C=O) groups is 1. The van der Waals surface area contributed by atoms with Gasteiger partial charge in [0.2, 0.25) is 15.9 Å². The first kappa shape index (κ1) is 18.6. The lowest BCUT2D eigenvalue weighted by atomic mass is 10.3. The van der Waals surface area contributed by atoms with E-state index in [0.29, 0.717) is 18.8 Å². The quantitative estimate of drug-likeness (QED) is 0.733. The maximum absolute atomic E-state index is 12.7. The zero-order valence-corrected chi connectivity index (χ0v) is 16.0. The zero-order chi connectivity index (χ0) is 18.6. The number of piperazine rings is 1. The van der Waals surface area contributed by atoms with Crippen molar-refractivity contribution < 1.29 is 17.9 Å². The van der Waals surface area contributed by atoms with Crippen LogP contribution in [0.25, 0.3) is 6.08 Å². The molecule has 1 aromatic carbocycles. The van der Waals surface area contributed by atoms with Crippen LogP contribution in [0.2, 0.25) is 0 Å². The smallest absolute Gasteiger partial charge is 0.246 e. The predicted octanol–water partition coefficient (Wildman–Crippen LogP) is 2.30. The van der Waals surface area contributed by atoms with E-state index in [1.54, 1.807) is 34.4 Å². The Morgan fingerprint density at radius 3 is 2.38 bits per heavy atom. The molecule has 0 unspecified atom stereocenters. The molecule has 1 fully saturated rings. The van der Waals surface area contributed by atoms with E-state index in [-0.39, 0.29) is 23.9 Å². The van der Waals surface area contributed by atoms with E-state index < -0.39 is 10.0 Å². The van der Waals surface area contributed by atoms with Crippen molar-refractivity contribution in [1.29, 1.82) is 0 Å². The van der Waals surface area contributed by atoms with E-state index in [4.69, 9.17) is 4.74 Å². The third-order valence-corrected chi connectivity index (χ3v) is 6.82. The molecule has 0 saturated carbocycles. The minimum absolute atomic E-state index is 0.0994. The standard InChI is InChI=1S/C18H20N2O4S2/c1-24-16-3-5-17(6-4-16)26(22,23)20-11-9-19(10-12-20)18(21)7-2-15-8-13-25-14-15/h2-8,13-14H,9-12H2,1H3/b7-2+. The molecule has 8 heteroatoms. The molecule has 0 atom stereocenters. The van der Waals surface area contributed by atoms with Gasteiger partial charge in [-0.1, -0.05) is 0 Å². The van der Waals surface area contributed by atoms with Gasteiger partial charge >= 0.3 is 0 Å². The lowest BCUT2D eigenvalue weighted by molar-refractivity contribution is -0.127. The zero-order valence-electron chi connectivity index (χ0n) is 14.4. The molecule has 1 aliphatic rings. The molecule has 1 aliphatic heterocycles. The molecule has 2 heterocycles. The van der Waals surface area contributed by atoms with Crippen LogP contribution in [0.1, 0.15) is 5.56 Å². The topological polar surface area (TPSA) is 66.9 Å². The molecule has 2 aromatic rings. The second-order valence-corrected chi connectivity index (χ2v) is 8.51. The van der Waals surface area contributed by atoms with Gasteiger partial charge in [0.25, 0.3) is 0 Å². The van der Waals surface area contributed by atoms with Crippen LogP contribution in [0.5, 0.6) is 5.75 Å². The normalized spacial score (nSPS) is 16.1. The van der Waals surface area contributed by atoms with Crippen LogP contribution >= 0.6 is 11.3 Å². The van der Waals surface area contributed by atoms with Crippen LogP contribution in [0.15, 0.2) is 52.1 Å². The Kier molecular flexibility index (Phi) is 5.75. The van der Waals surface area contributed by atoms with Gasteiger partial charge in [0, 0.05) is 32.3 Å². The van der Waals surface area contributed by atoms with Crippen molar-refractivity contribution in [3.8, 4) is 5.75 Å². The number of hydrogen-bond acceptors (Lipinski definition) is 5. The molecule has 0 bridgehead atoms. The highest BCUT2D eigenvalue weighted by Crippen LogP contribution is 2.20. The van der Waals surface area contributed by atoms with Gasteiger partial charge < -0.3 is 9.64 Å². The molecule has 6 nitrogen and oxygen atoms in total. The molecule has 0 radical (unpaired) electrons. The summed E-state index contributed by atoms with van der Waals surface area (Å²) in [6.07, 6.45) is 3.31. The summed E-state index contributed by atoms with van der Waals surface area (Å²) in [6, 6.07) is 8.27. The van der Waals surface area contributed by atoms with E-state index >= 15 is 0 Å². The first-order valence-electron chi connectivity index (χ1n) is 8.14. The van der Waals surface area contributed by atoms with Crippen LogP contribution < -0.4 is 4.74 Å². The Bertz CT molecular complexity index is 866. The average Bonchev–Trinajstić information content (AvgIpc) is 3.20. The van der Waals surface area contributed by atoms with Crippen molar-refractivity contribution in [3.63, 3.8) is 0 Å². The van der Waals surface area contributed by atoms with Gasteiger partial charge in [0.05, 0.1) is 12.0 Å². The molecule has 0 aliphatic carbocycles. The Hall–Kier alpha value is -2.16. The van der Waals surface area contributed by atoms with Gasteiger partial charge in [-0.15, -0.1) is 0 Å². The first-order chi connectivity index (χ1) is 12.5. The van der Waals surface area contributed by atoms with Crippen molar-refractivity contribution in [3.05, 3.63) is 52.7 Å². The number of rotatable bonds is 5. The number of nitrogens with zero attached hydrogens (tertiary/aromatic N) is 2. The molecule has 138 valence electrons. The van der Waals surface area contributed by atoms with Crippen molar-refractivity contribution in [1.82, 2.24) is 9.21 Å². The highest BCUT2D eigenvalue weighted by atomic mass is 32.2. The SMILES string of the molecule is COc1ccc(S(=O)(=O)N2CCN(C(=O)/C=C/c3ccsc3)CC2)cc1. The Labute approximate surface area is 157 Å². The van der Waals surface area contributed by atoms with Gasteiger partial charge in [0.15, 0.2) is 0 Å². The number of methoxy groups -OCH3 is 1. The summed E-state index contributed by atoms with van der Waals surface area (Å²) in [7, 11) is -2.03. The fraction of sp³-hybridized carbons (Fsp3) is 0.278. The number of benzene rings is 1. The molecule has 0 spiro atoms. The summed E-state index contributed by atoms with van der Waals surface area (Å²) in [4.78, 5) is 14.2. The van der Waals surface area contributed by atoms with Crippen LogP contribution in [0, 0.1) is 0 Å². The third-order valence-electron chi connectivity index (χ3n) is 4.21. The summed E-state index contributed by atoms with van der Waals surface area (Å²) >= 11 is 1.57. The largest absolute Gasteiger partial charge is 0.497 e. The molecular formula is C18H20N2O4S2. The van der Waals surface area contributed by atoms with E-state index in [0.717, 1.165) is 5.56 Å². The van der Waals surface area contributed by atoms with Crippen LogP contribution in [-0.4, -0.2) is 56.8 Å². The minimum atomic E-state index is -3.56. The van der Waals surface area contributed by atoms with Crippen molar-refractivity contribution >= 4 is 33.3 Å². The summed E-state index contributed by atoms with van der Waals surface area (Å²) < 4.78 is 31.9. The molecule has 1 saturated heterocycles.